The lowest BCUT2D eigenvalue weighted by molar-refractivity contribution is 0.116. The zero-order valence-electron chi connectivity index (χ0n) is 17.1. The highest BCUT2D eigenvalue weighted by molar-refractivity contribution is 5.53. The molecule has 0 atom stereocenters. The molecule has 7 nitrogen and oxygen atoms in total. The monoisotopic (exact) mass is 426 g/mol. The van der Waals surface area contributed by atoms with Gasteiger partial charge in [-0.3, -0.25) is 0 Å². The summed E-state index contributed by atoms with van der Waals surface area (Å²) in [5.74, 6) is -0.246. The summed E-state index contributed by atoms with van der Waals surface area (Å²) in [4.78, 5) is 11.1. The van der Waals surface area contributed by atoms with E-state index in [1.807, 2.05) is 0 Å². The van der Waals surface area contributed by atoms with Crippen LogP contribution in [0.4, 0.5) is 20.4 Å². The second-order valence-electron chi connectivity index (χ2n) is 8.20. The Labute approximate surface area is 178 Å². The van der Waals surface area contributed by atoms with E-state index in [1.54, 1.807) is 0 Å². The zero-order valence-corrected chi connectivity index (χ0v) is 17.1. The van der Waals surface area contributed by atoms with E-state index in [1.165, 1.54) is 42.9 Å². The van der Waals surface area contributed by atoms with Gasteiger partial charge in [-0.15, -0.1) is 10.2 Å². The number of nitrogens with one attached hydrogen (secondary N) is 1. The highest BCUT2D eigenvalue weighted by Crippen LogP contribution is 2.44. The Morgan fingerprint density at radius 1 is 0.935 bits per heavy atom. The average molecular weight is 426 g/mol. The number of alkyl halides is 2. The summed E-state index contributed by atoms with van der Waals surface area (Å²) in [6, 6.07) is 8.83. The lowest BCUT2D eigenvalue weighted by Gasteiger charge is -2.43. The summed E-state index contributed by atoms with van der Waals surface area (Å²) >= 11 is 0. The first-order valence-corrected chi connectivity index (χ1v) is 10.7. The van der Waals surface area contributed by atoms with Crippen LogP contribution in [0, 0.1) is 0 Å². The first kappa shape index (κ1) is 19.8. The minimum Gasteiger partial charge on any atom is -0.415 e. The standard InChI is InChI=1S/C22H24F2N6O/c23-18(24)20-29-28-19(31-20)15-13-25-21(26-14-15)27-22(9-4-10-22)16-5-7-17(8-6-16)30-11-2-1-3-12-30/h5-8,13-14,18H,1-4,9-12H2,(H,25,26,27). The molecule has 9 heteroatoms. The molecule has 5 rings (SSSR count). The van der Waals surface area contributed by atoms with Crippen molar-refractivity contribution in [1.29, 1.82) is 0 Å². The van der Waals surface area contributed by atoms with Crippen LogP contribution in [-0.4, -0.2) is 33.3 Å². The molecule has 0 bridgehead atoms. The van der Waals surface area contributed by atoms with Gasteiger partial charge in [0.2, 0.25) is 5.95 Å². The van der Waals surface area contributed by atoms with Gasteiger partial charge in [0.15, 0.2) is 0 Å². The van der Waals surface area contributed by atoms with Crippen LogP contribution in [0.25, 0.3) is 11.5 Å². The second-order valence-corrected chi connectivity index (χ2v) is 8.20. The molecule has 0 spiro atoms. The SMILES string of the molecule is FC(F)c1nnc(-c2cnc(NC3(c4ccc(N5CCCCC5)cc4)CCC3)nc2)o1. The molecule has 2 fully saturated rings. The number of aromatic nitrogens is 4. The average Bonchev–Trinajstić information content (AvgIpc) is 3.28. The minimum absolute atomic E-state index is 0.0199. The Morgan fingerprint density at radius 3 is 2.23 bits per heavy atom. The molecule has 1 N–H and O–H groups in total. The molecular weight excluding hydrogens is 402 g/mol. The molecule has 1 saturated carbocycles. The van der Waals surface area contributed by atoms with Gasteiger partial charge < -0.3 is 14.6 Å². The maximum absolute atomic E-state index is 12.6. The molecular formula is C22H24F2N6O. The van der Waals surface area contributed by atoms with Crippen LogP contribution in [0.1, 0.15) is 56.4 Å². The van der Waals surface area contributed by atoms with Crippen molar-refractivity contribution in [1.82, 2.24) is 20.2 Å². The summed E-state index contributed by atoms with van der Waals surface area (Å²) in [5, 5.41) is 10.5. The summed E-state index contributed by atoms with van der Waals surface area (Å²) in [7, 11) is 0. The van der Waals surface area contributed by atoms with E-state index in [4.69, 9.17) is 4.42 Å². The Balaban J connectivity index is 1.30. The summed E-state index contributed by atoms with van der Waals surface area (Å²) in [6.07, 6.45) is 7.18. The summed E-state index contributed by atoms with van der Waals surface area (Å²) in [5.41, 5.74) is 2.72. The number of rotatable bonds is 6. The fourth-order valence-corrected chi connectivity index (χ4v) is 4.32. The Hall–Kier alpha value is -3.10. The van der Waals surface area contributed by atoms with E-state index in [0.29, 0.717) is 11.5 Å². The van der Waals surface area contributed by atoms with Crippen molar-refractivity contribution >= 4 is 11.6 Å². The number of hydrogen-bond acceptors (Lipinski definition) is 7. The van der Waals surface area contributed by atoms with Gasteiger partial charge in [0, 0.05) is 31.2 Å². The lowest BCUT2D eigenvalue weighted by atomic mass is 9.72. The highest BCUT2D eigenvalue weighted by atomic mass is 19.3. The van der Waals surface area contributed by atoms with E-state index in [-0.39, 0.29) is 11.4 Å². The van der Waals surface area contributed by atoms with Gasteiger partial charge in [0.25, 0.3) is 11.8 Å². The summed E-state index contributed by atoms with van der Waals surface area (Å²) in [6.45, 7) is 2.25. The lowest BCUT2D eigenvalue weighted by Crippen LogP contribution is -2.42. The van der Waals surface area contributed by atoms with Crippen LogP contribution in [0.5, 0.6) is 0 Å². The Kier molecular flexibility index (Phi) is 5.25. The first-order valence-electron chi connectivity index (χ1n) is 10.7. The van der Waals surface area contributed by atoms with Gasteiger partial charge in [0.1, 0.15) is 0 Å². The van der Waals surface area contributed by atoms with Gasteiger partial charge in [-0.25, -0.2) is 9.97 Å². The summed E-state index contributed by atoms with van der Waals surface area (Å²) < 4.78 is 30.2. The van der Waals surface area contributed by atoms with Gasteiger partial charge in [-0.05, 0) is 56.2 Å². The fourth-order valence-electron chi connectivity index (χ4n) is 4.32. The normalized spacial score (nSPS) is 18.1. The molecule has 1 aliphatic carbocycles. The highest BCUT2D eigenvalue weighted by Gasteiger charge is 2.39. The van der Waals surface area contributed by atoms with Crippen molar-refractivity contribution in [3.8, 4) is 11.5 Å². The third-order valence-corrected chi connectivity index (χ3v) is 6.23. The molecule has 0 radical (unpaired) electrons. The predicted molar refractivity (Wildman–Crippen MR) is 112 cm³/mol. The molecule has 2 aromatic heterocycles. The maximum Gasteiger partial charge on any atom is 0.314 e. The quantitative estimate of drug-likeness (QED) is 0.598. The smallest absolute Gasteiger partial charge is 0.314 e. The van der Waals surface area contributed by atoms with E-state index >= 15 is 0 Å². The van der Waals surface area contributed by atoms with Crippen molar-refractivity contribution < 1.29 is 13.2 Å². The third kappa shape index (κ3) is 3.96. The van der Waals surface area contributed by atoms with Crippen molar-refractivity contribution in [3.63, 3.8) is 0 Å². The van der Waals surface area contributed by atoms with E-state index in [9.17, 15) is 8.78 Å². The zero-order chi connectivity index (χ0) is 21.3. The van der Waals surface area contributed by atoms with Crippen LogP contribution < -0.4 is 10.2 Å². The third-order valence-electron chi connectivity index (χ3n) is 6.23. The minimum atomic E-state index is -2.80. The van der Waals surface area contributed by atoms with Crippen molar-refractivity contribution in [3.05, 3.63) is 48.1 Å². The van der Waals surface area contributed by atoms with Crippen LogP contribution in [-0.2, 0) is 5.54 Å². The number of benzene rings is 1. The van der Waals surface area contributed by atoms with Crippen LogP contribution >= 0.6 is 0 Å². The van der Waals surface area contributed by atoms with Gasteiger partial charge in [-0.2, -0.15) is 8.78 Å². The van der Waals surface area contributed by atoms with Crippen LogP contribution in [0.15, 0.2) is 41.1 Å². The molecule has 3 heterocycles. The molecule has 1 aromatic carbocycles. The van der Waals surface area contributed by atoms with E-state index in [2.05, 4.69) is 54.6 Å². The molecule has 162 valence electrons. The predicted octanol–water partition coefficient (Wildman–Crippen LogP) is 4.95. The molecule has 2 aliphatic rings. The maximum atomic E-state index is 12.6. The van der Waals surface area contributed by atoms with Crippen molar-refractivity contribution in [2.24, 2.45) is 0 Å². The van der Waals surface area contributed by atoms with E-state index in [0.717, 1.165) is 32.4 Å². The number of anilines is 2. The number of halogens is 2. The van der Waals surface area contributed by atoms with Gasteiger partial charge in [-0.1, -0.05) is 12.1 Å². The number of hydrogen-bond donors (Lipinski definition) is 1. The number of nitrogens with zero attached hydrogens (tertiary/aromatic N) is 5. The van der Waals surface area contributed by atoms with Crippen molar-refractivity contribution in [2.45, 2.75) is 50.5 Å². The fraction of sp³-hybridized carbons (Fsp3) is 0.455. The van der Waals surface area contributed by atoms with Crippen molar-refractivity contribution in [2.75, 3.05) is 23.3 Å². The van der Waals surface area contributed by atoms with Crippen LogP contribution in [0.2, 0.25) is 0 Å². The molecule has 1 aliphatic heterocycles. The molecule has 0 unspecified atom stereocenters. The van der Waals surface area contributed by atoms with Crippen LogP contribution in [0.3, 0.4) is 0 Å². The Morgan fingerprint density at radius 2 is 1.65 bits per heavy atom. The topological polar surface area (TPSA) is 80.0 Å². The second kappa shape index (κ2) is 8.20. The Bertz CT molecular complexity index is 1010. The van der Waals surface area contributed by atoms with Gasteiger partial charge in [0.05, 0.1) is 11.1 Å². The number of piperidine rings is 1. The molecule has 31 heavy (non-hydrogen) atoms. The molecule has 0 amide bonds. The largest absolute Gasteiger partial charge is 0.415 e. The van der Waals surface area contributed by atoms with Gasteiger partial charge >= 0.3 is 6.43 Å². The first-order chi connectivity index (χ1) is 15.1. The molecule has 1 saturated heterocycles. The van der Waals surface area contributed by atoms with E-state index < -0.39 is 12.3 Å². The molecule has 3 aromatic rings.